The SMILES string of the molecule is CCOC(=O)CN1CCC(Cc2ccccc2)CC1. The molecule has 0 bridgehead atoms. The van der Waals surface area contributed by atoms with Crippen molar-refractivity contribution >= 4 is 5.97 Å². The summed E-state index contributed by atoms with van der Waals surface area (Å²) in [5.74, 6) is 0.657. The number of piperidine rings is 1. The molecular formula is C16H23NO2. The largest absolute Gasteiger partial charge is 0.465 e. The van der Waals surface area contributed by atoms with E-state index in [4.69, 9.17) is 4.74 Å². The molecule has 0 radical (unpaired) electrons. The van der Waals surface area contributed by atoms with Crippen molar-refractivity contribution in [2.75, 3.05) is 26.2 Å². The molecule has 1 saturated heterocycles. The van der Waals surface area contributed by atoms with E-state index < -0.39 is 0 Å². The van der Waals surface area contributed by atoms with Crippen molar-refractivity contribution in [2.45, 2.75) is 26.2 Å². The minimum Gasteiger partial charge on any atom is -0.465 e. The lowest BCUT2D eigenvalue weighted by molar-refractivity contribution is -0.144. The molecule has 1 aromatic rings. The average Bonchev–Trinajstić information content (AvgIpc) is 2.42. The zero-order chi connectivity index (χ0) is 13.5. The summed E-state index contributed by atoms with van der Waals surface area (Å²) in [4.78, 5) is 13.6. The topological polar surface area (TPSA) is 29.5 Å². The Morgan fingerprint density at radius 3 is 2.58 bits per heavy atom. The summed E-state index contributed by atoms with van der Waals surface area (Å²) in [7, 11) is 0. The lowest BCUT2D eigenvalue weighted by atomic mass is 9.90. The van der Waals surface area contributed by atoms with Gasteiger partial charge in [0.2, 0.25) is 0 Å². The molecule has 0 aromatic heterocycles. The second-order valence-corrected chi connectivity index (χ2v) is 5.21. The lowest BCUT2D eigenvalue weighted by Gasteiger charge is -2.31. The van der Waals surface area contributed by atoms with E-state index in [1.807, 2.05) is 6.92 Å². The number of rotatable bonds is 5. The molecule has 0 amide bonds. The van der Waals surface area contributed by atoms with Crippen molar-refractivity contribution in [1.82, 2.24) is 4.90 Å². The zero-order valence-corrected chi connectivity index (χ0v) is 11.7. The molecule has 2 rings (SSSR count). The third-order valence-corrected chi connectivity index (χ3v) is 3.73. The average molecular weight is 261 g/mol. The summed E-state index contributed by atoms with van der Waals surface area (Å²) in [5, 5.41) is 0. The van der Waals surface area contributed by atoms with Crippen LogP contribution in [0.1, 0.15) is 25.3 Å². The van der Waals surface area contributed by atoms with E-state index in [0.29, 0.717) is 13.2 Å². The van der Waals surface area contributed by atoms with Gasteiger partial charge in [-0.05, 0) is 50.8 Å². The summed E-state index contributed by atoms with van der Waals surface area (Å²) in [6, 6.07) is 10.7. The van der Waals surface area contributed by atoms with E-state index in [1.165, 1.54) is 18.4 Å². The van der Waals surface area contributed by atoms with Crippen LogP contribution in [0.15, 0.2) is 30.3 Å². The Balaban J connectivity index is 1.72. The van der Waals surface area contributed by atoms with Gasteiger partial charge in [0.25, 0.3) is 0 Å². The third kappa shape index (κ3) is 4.67. The first-order chi connectivity index (χ1) is 9.28. The molecular weight excluding hydrogens is 238 g/mol. The first-order valence-electron chi connectivity index (χ1n) is 7.20. The molecule has 3 heteroatoms. The Morgan fingerprint density at radius 1 is 1.26 bits per heavy atom. The van der Waals surface area contributed by atoms with Gasteiger partial charge in [0.1, 0.15) is 0 Å². The molecule has 0 N–H and O–H groups in total. The van der Waals surface area contributed by atoms with Crippen molar-refractivity contribution < 1.29 is 9.53 Å². The predicted octanol–water partition coefficient (Wildman–Crippen LogP) is 2.50. The normalized spacial score (nSPS) is 17.3. The van der Waals surface area contributed by atoms with Crippen LogP contribution in [0.25, 0.3) is 0 Å². The molecule has 3 nitrogen and oxygen atoms in total. The molecule has 1 aliphatic rings. The van der Waals surface area contributed by atoms with Gasteiger partial charge >= 0.3 is 5.97 Å². The standard InChI is InChI=1S/C16H23NO2/c1-2-19-16(18)13-17-10-8-15(9-11-17)12-14-6-4-3-5-7-14/h3-7,15H,2,8-13H2,1H3. The van der Waals surface area contributed by atoms with Crippen LogP contribution in [0.3, 0.4) is 0 Å². The first kappa shape index (κ1) is 14.1. The fourth-order valence-electron chi connectivity index (χ4n) is 2.69. The van der Waals surface area contributed by atoms with Gasteiger partial charge < -0.3 is 4.74 Å². The maximum Gasteiger partial charge on any atom is 0.320 e. The van der Waals surface area contributed by atoms with Gasteiger partial charge in [-0.25, -0.2) is 0 Å². The summed E-state index contributed by atoms with van der Waals surface area (Å²) in [6.45, 7) is 4.80. The van der Waals surface area contributed by atoms with E-state index in [1.54, 1.807) is 0 Å². The highest BCUT2D eigenvalue weighted by atomic mass is 16.5. The molecule has 0 saturated carbocycles. The molecule has 1 heterocycles. The van der Waals surface area contributed by atoms with E-state index in [2.05, 4.69) is 35.2 Å². The number of hydrogen-bond acceptors (Lipinski definition) is 3. The minimum atomic E-state index is -0.0935. The number of ether oxygens (including phenoxy) is 1. The summed E-state index contributed by atoms with van der Waals surface area (Å²) in [5.41, 5.74) is 1.42. The maximum absolute atomic E-state index is 11.4. The van der Waals surface area contributed by atoms with Crippen LogP contribution in [0, 0.1) is 5.92 Å². The van der Waals surface area contributed by atoms with Crippen LogP contribution < -0.4 is 0 Å². The smallest absolute Gasteiger partial charge is 0.320 e. The second kappa shape index (κ2) is 7.29. The second-order valence-electron chi connectivity index (χ2n) is 5.21. The van der Waals surface area contributed by atoms with Gasteiger partial charge in [-0.1, -0.05) is 30.3 Å². The number of carbonyl (C=O) groups excluding carboxylic acids is 1. The maximum atomic E-state index is 11.4. The zero-order valence-electron chi connectivity index (χ0n) is 11.7. The minimum absolute atomic E-state index is 0.0935. The number of hydrogen-bond donors (Lipinski definition) is 0. The Bertz CT molecular complexity index is 383. The fraction of sp³-hybridized carbons (Fsp3) is 0.562. The number of benzene rings is 1. The number of nitrogens with zero attached hydrogens (tertiary/aromatic N) is 1. The van der Waals surface area contributed by atoms with Gasteiger partial charge in [-0.3, -0.25) is 9.69 Å². The Hall–Kier alpha value is -1.35. The molecule has 0 atom stereocenters. The van der Waals surface area contributed by atoms with Crippen LogP contribution in [0.2, 0.25) is 0 Å². The number of esters is 1. The molecule has 19 heavy (non-hydrogen) atoms. The highest BCUT2D eigenvalue weighted by Gasteiger charge is 2.21. The van der Waals surface area contributed by atoms with Gasteiger partial charge in [0.05, 0.1) is 13.2 Å². The first-order valence-corrected chi connectivity index (χ1v) is 7.20. The van der Waals surface area contributed by atoms with Crippen molar-refractivity contribution in [1.29, 1.82) is 0 Å². The van der Waals surface area contributed by atoms with Crippen molar-refractivity contribution in [3.8, 4) is 0 Å². The van der Waals surface area contributed by atoms with Crippen molar-refractivity contribution in [3.63, 3.8) is 0 Å². The molecule has 0 unspecified atom stereocenters. The summed E-state index contributed by atoms with van der Waals surface area (Å²) in [6.07, 6.45) is 3.51. The third-order valence-electron chi connectivity index (χ3n) is 3.73. The van der Waals surface area contributed by atoms with Crippen molar-refractivity contribution in [3.05, 3.63) is 35.9 Å². The predicted molar refractivity (Wildman–Crippen MR) is 75.9 cm³/mol. The van der Waals surface area contributed by atoms with E-state index in [-0.39, 0.29) is 5.97 Å². The van der Waals surface area contributed by atoms with Crippen LogP contribution >= 0.6 is 0 Å². The van der Waals surface area contributed by atoms with Gasteiger partial charge in [0, 0.05) is 0 Å². The fourth-order valence-corrected chi connectivity index (χ4v) is 2.69. The Kier molecular flexibility index (Phi) is 5.40. The summed E-state index contributed by atoms with van der Waals surface area (Å²) < 4.78 is 4.99. The number of likely N-dealkylation sites (tertiary alicyclic amines) is 1. The van der Waals surface area contributed by atoms with E-state index in [0.717, 1.165) is 25.4 Å². The van der Waals surface area contributed by atoms with Crippen molar-refractivity contribution in [2.24, 2.45) is 5.92 Å². The van der Waals surface area contributed by atoms with Gasteiger partial charge in [0.15, 0.2) is 0 Å². The van der Waals surface area contributed by atoms with Crippen LogP contribution in [0.5, 0.6) is 0 Å². The highest BCUT2D eigenvalue weighted by molar-refractivity contribution is 5.71. The summed E-state index contributed by atoms with van der Waals surface area (Å²) >= 11 is 0. The Labute approximate surface area is 115 Å². The molecule has 1 aromatic carbocycles. The molecule has 104 valence electrons. The van der Waals surface area contributed by atoms with Crippen LogP contribution in [-0.4, -0.2) is 37.1 Å². The number of carbonyl (C=O) groups is 1. The Morgan fingerprint density at radius 2 is 1.95 bits per heavy atom. The van der Waals surface area contributed by atoms with Crippen LogP contribution in [-0.2, 0) is 16.0 Å². The van der Waals surface area contributed by atoms with Crippen LogP contribution in [0.4, 0.5) is 0 Å². The van der Waals surface area contributed by atoms with Gasteiger partial charge in [-0.2, -0.15) is 0 Å². The quantitative estimate of drug-likeness (QED) is 0.763. The highest BCUT2D eigenvalue weighted by Crippen LogP contribution is 2.21. The molecule has 1 aliphatic heterocycles. The van der Waals surface area contributed by atoms with Gasteiger partial charge in [-0.15, -0.1) is 0 Å². The lowest BCUT2D eigenvalue weighted by Crippen LogP contribution is -2.38. The molecule has 0 spiro atoms. The monoisotopic (exact) mass is 261 g/mol. The van der Waals surface area contributed by atoms with E-state index in [9.17, 15) is 4.79 Å². The van der Waals surface area contributed by atoms with E-state index >= 15 is 0 Å². The molecule has 0 aliphatic carbocycles. The molecule has 1 fully saturated rings.